The quantitative estimate of drug-likeness (QED) is 0.863. The number of alkyl carbamates (subject to hydrolysis) is 1. The highest BCUT2D eigenvalue weighted by Crippen LogP contribution is 2.14. The summed E-state index contributed by atoms with van der Waals surface area (Å²) in [6.45, 7) is 6.76. The molecule has 0 aliphatic rings. The molecule has 1 atom stereocenters. The van der Waals surface area contributed by atoms with Gasteiger partial charge in [-0.3, -0.25) is 0 Å². The highest BCUT2D eigenvalue weighted by Gasteiger charge is 2.29. The molecule has 0 heterocycles. The molecule has 0 aliphatic carbocycles. The molecular formula is C15H20FNO3. The number of rotatable bonds is 4. The smallest absolute Gasteiger partial charge is 0.408 e. The molecule has 0 bridgehead atoms. The van der Waals surface area contributed by atoms with Gasteiger partial charge in [0.1, 0.15) is 17.7 Å². The van der Waals surface area contributed by atoms with Crippen molar-refractivity contribution in [3.05, 3.63) is 35.6 Å². The van der Waals surface area contributed by atoms with E-state index in [0.717, 1.165) is 0 Å². The van der Waals surface area contributed by atoms with Crippen LogP contribution >= 0.6 is 0 Å². The number of halogens is 1. The van der Waals surface area contributed by atoms with Crippen LogP contribution in [0.1, 0.15) is 33.3 Å². The molecule has 0 spiro atoms. The highest BCUT2D eigenvalue weighted by atomic mass is 19.1. The van der Waals surface area contributed by atoms with Gasteiger partial charge in [-0.1, -0.05) is 12.1 Å². The molecule has 110 valence electrons. The summed E-state index contributed by atoms with van der Waals surface area (Å²) in [5.74, 6) is -0.381. The van der Waals surface area contributed by atoms with E-state index in [9.17, 15) is 14.0 Å². The highest BCUT2D eigenvalue weighted by molar-refractivity contribution is 5.76. The van der Waals surface area contributed by atoms with Crippen molar-refractivity contribution in [3.63, 3.8) is 0 Å². The summed E-state index contributed by atoms with van der Waals surface area (Å²) in [4.78, 5) is 23.0. The Kier molecular flexibility index (Phi) is 4.87. The predicted octanol–water partition coefficient (Wildman–Crippen LogP) is 2.85. The van der Waals surface area contributed by atoms with Crippen molar-refractivity contribution < 1.29 is 18.7 Å². The Labute approximate surface area is 118 Å². The molecule has 20 heavy (non-hydrogen) atoms. The normalized spacial score (nSPS) is 14.2. The Balaban J connectivity index is 2.77. The van der Waals surface area contributed by atoms with Crippen molar-refractivity contribution in [2.24, 2.45) is 0 Å². The van der Waals surface area contributed by atoms with Crippen LogP contribution in [-0.2, 0) is 16.0 Å². The van der Waals surface area contributed by atoms with Gasteiger partial charge in [-0.05, 0) is 45.4 Å². The lowest BCUT2D eigenvalue weighted by Crippen LogP contribution is -2.50. The average Bonchev–Trinajstić information content (AvgIpc) is 2.25. The maximum atomic E-state index is 13.1. The summed E-state index contributed by atoms with van der Waals surface area (Å²) in [5, 5.41) is 2.52. The number of aldehydes is 1. The van der Waals surface area contributed by atoms with Crippen LogP contribution in [0.15, 0.2) is 24.3 Å². The van der Waals surface area contributed by atoms with Gasteiger partial charge in [-0.2, -0.15) is 0 Å². The fourth-order valence-corrected chi connectivity index (χ4v) is 1.72. The SMILES string of the molecule is CC(C=O)(Cc1cccc(F)c1)NC(=O)OC(C)(C)C. The van der Waals surface area contributed by atoms with Crippen molar-refractivity contribution in [2.75, 3.05) is 0 Å². The molecule has 0 aromatic heterocycles. The molecule has 0 radical (unpaired) electrons. The fraction of sp³-hybridized carbons (Fsp3) is 0.467. The Morgan fingerprint density at radius 1 is 1.35 bits per heavy atom. The van der Waals surface area contributed by atoms with E-state index in [1.165, 1.54) is 12.1 Å². The summed E-state index contributed by atoms with van der Waals surface area (Å²) in [7, 11) is 0. The molecule has 1 aromatic carbocycles. The zero-order valence-electron chi connectivity index (χ0n) is 12.2. The summed E-state index contributed by atoms with van der Waals surface area (Å²) in [5.41, 5.74) is -1.17. The van der Waals surface area contributed by atoms with Gasteiger partial charge >= 0.3 is 6.09 Å². The van der Waals surface area contributed by atoms with Crippen LogP contribution in [0.2, 0.25) is 0 Å². The third kappa shape index (κ3) is 5.38. The summed E-state index contributed by atoms with van der Waals surface area (Å²) < 4.78 is 18.2. The van der Waals surface area contributed by atoms with Gasteiger partial charge in [0.15, 0.2) is 0 Å². The van der Waals surface area contributed by atoms with Crippen molar-refractivity contribution in [1.29, 1.82) is 0 Å². The first-order valence-electron chi connectivity index (χ1n) is 6.35. The molecule has 4 nitrogen and oxygen atoms in total. The first-order chi connectivity index (χ1) is 9.13. The Morgan fingerprint density at radius 2 is 2.00 bits per heavy atom. The molecule has 0 saturated carbocycles. The van der Waals surface area contributed by atoms with Crippen molar-refractivity contribution in [2.45, 2.75) is 45.3 Å². The summed E-state index contributed by atoms with van der Waals surface area (Å²) >= 11 is 0. The molecule has 1 rings (SSSR count). The van der Waals surface area contributed by atoms with Gasteiger partial charge in [0.05, 0.1) is 5.54 Å². The van der Waals surface area contributed by atoms with Crippen LogP contribution < -0.4 is 5.32 Å². The number of carbonyl (C=O) groups is 2. The van der Waals surface area contributed by atoms with E-state index in [2.05, 4.69) is 5.32 Å². The van der Waals surface area contributed by atoms with E-state index in [0.29, 0.717) is 11.8 Å². The number of ether oxygens (including phenoxy) is 1. The minimum atomic E-state index is -1.14. The zero-order valence-corrected chi connectivity index (χ0v) is 12.2. The third-order valence-electron chi connectivity index (χ3n) is 2.51. The van der Waals surface area contributed by atoms with Crippen LogP contribution in [0, 0.1) is 5.82 Å². The number of nitrogens with one attached hydrogen (secondary N) is 1. The number of amides is 1. The van der Waals surface area contributed by atoms with Gasteiger partial charge in [-0.25, -0.2) is 9.18 Å². The molecule has 1 N–H and O–H groups in total. The second-order valence-corrected chi connectivity index (χ2v) is 5.97. The molecule has 0 fully saturated rings. The van der Waals surface area contributed by atoms with Crippen LogP contribution in [0.25, 0.3) is 0 Å². The largest absolute Gasteiger partial charge is 0.444 e. The minimum absolute atomic E-state index is 0.188. The summed E-state index contributed by atoms with van der Waals surface area (Å²) in [6.07, 6.45) is 0.137. The molecule has 0 aliphatic heterocycles. The molecule has 1 amide bonds. The zero-order chi connectivity index (χ0) is 15.4. The van der Waals surface area contributed by atoms with E-state index >= 15 is 0 Å². The van der Waals surface area contributed by atoms with Crippen molar-refractivity contribution >= 4 is 12.4 Å². The minimum Gasteiger partial charge on any atom is -0.444 e. The molecular weight excluding hydrogens is 261 g/mol. The van der Waals surface area contributed by atoms with E-state index in [1.54, 1.807) is 39.8 Å². The van der Waals surface area contributed by atoms with E-state index in [4.69, 9.17) is 4.74 Å². The van der Waals surface area contributed by atoms with Crippen LogP contribution in [0.4, 0.5) is 9.18 Å². The maximum absolute atomic E-state index is 13.1. The Morgan fingerprint density at radius 3 is 2.50 bits per heavy atom. The fourth-order valence-electron chi connectivity index (χ4n) is 1.72. The lowest BCUT2D eigenvalue weighted by Gasteiger charge is -2.27. The Hall–Kier alpha value is -1.91. The number of benzene rings is 1. The first-order valence-corrected chi connectivity index (χ1v) is 6.35. The number of hydrogen-bond donors (Lipinski definition) is 1. The van der Waals surface area contributed by atoms with Gasteiger partial charge in [0.2, 0.25) is 0 Å². The topological polar surface area (TPSA) is 55.4 Å². The van der Waals surface area contributed by atoms with Crippen LogP contribution in [-0.4, -0.2) is 23.5 Å². The molecule has 5 heteroatoms. The van der Waals surface area contributed by atoms with E-state index < -0.39 is 17.2 Å². The van der Waals surface area contributed by atoms with Gasteiger partial charge in [-0.15, -0.1) is 0 Å². The standard InChI is InChI=1S/C15H20FNO3/c1-14(2,3)20-13(19)17-15(4,10-18)9-11-6-5-7-12(16)8-11/h5-8,10H,9H2,1-4H3,(H,17,19). The second-order valence-electron chi connectivity index (χ2n) is 5.97. The van der Waals surface area contributed by atoms with E-state index in [1.807, 2.05) is 0 Å². The lowest BCUT2D eigenvalue weighted by molar-refractivity contribution is -0.112. The third-order valence-corrected chi connectivity index (χ3v) is 2.51. The van der Waals surface area contributed by atoms with Gasteiger partial charge in [0.25, 0.3) is 0 Å². The van der Waals surface area contributed by atoms with E-state index in [-0.39, 0.29) is 12.2 Å². The van der Waals surface area contributed by atoms with Crippen LogP contribution in [0.3, 0.4) is 0 Å². The second kappa shape index (κ2) is 6.03. The molecule has 0 saturated heterocycles. The van der Waals surface area contributed by atoms with Crippen molar-refractivity contribution in [1.82, 2.24) is 5.32 Å². The monoisotopic (exact) mass is 281 g/mol. The molecule has 1 unspecified atom stereocenters. The summed E-state index contributed by atoms with van der Waals surface area (Å²) in [6, 6.07) is 5.91. The number of carbonyl (C=O) groups excluding carboxylic acids is 2. The first kappa shape index (κ1) is 16.1. The van der Waals surface area contributed by atoms with Crippen molar-refractivity contribution in [3.8, 4) is 0 Å². The maximum Gasteiger partial charge on any atom is 0.408 e. The van der Waals surface area contributed by atoms with Gasteiger partial charge in [0, 0.05) is 6.42 Å². The number of hydrogen-bond acceptors (Lipinski definition) is 3. The average molecular weight is 281 g/mol. The Bertz CT molecular complexity index is 496. The predicted molar refractivity (Wildman–Crippen MR) is 73.9 cm³/mol. The lowest BCUT2D eigenvalue weighted by atomic mass is 9.94. The molecule has 1 aromatic rings. The van der Waals surface area contributed by atoms with Gasteiger partial charge < -0.3 is 14.8 Å². The van der Waals surface area contributed by atoms with Crippen LogP contribution in [0.5, 0.6) is 0 Å².